The second-order valence-electron chi connectivity index (χ2n) is 8.13. The number of rotatable bonds is 7. The monoisotopic (exact) mass is 561 g/mol. The minimum absolute atomic E-state index is 0. The van der Waals surface area contributed by atoms with Crippen LogP contribution in [0.5, 0.6) is 0 Å². The number of aryl methyl sites for hydroxylation is 1. The molecule has 2 heterocycles. The second-order valence-corrected chi connectivity index (χ2v) is 8.56. The van der Waals surface area contributed by atoms with E-state index in [1.165, 1.54) is 5.56 Å². The van der Waals surface area contributed by atoms with Gasteiger partial charge >= 0.3 is 0 Å². The van der Waals surface area contributed by atoms with Gasteiger partial charge in [-0.15, -0.1) is 24.0 Å². The van der Waals surface area contributed by atoms with Crippen LogP contribution >= 0.6 is 35.6 Å². The zero-order chi connectivity index (χ0) is 21.6. The molecule has 1 atom stereocenters. The maximum Gasteiger partial charge on any atom is 0.191 e. The van der Waals surface area contributed by atoms with Crippen LogP contribution in [0.2, 0.25) is 5.02 Å². The Morgan fingerprint density at radius 1 is 1.35 bits per heavy atom. The molecular formula is C22H33ClIN5O2. The van der Waals surface area contributed by atoms with E-state index in [1.807, 2.05) is 38.4 Å². The SMILES string of the molecule is CCNC(=NCC(C)(O)c1cnn(C)c1)NCC1(c2cccc(Cl)c2)CCOCC1.I. The first-order valence-electron chi connectivity index (χ1n) is 10.4. The first kappa shape index (κ1) is 25.9. The van der Waals surface area contributed by atoms with Gasteiger partial charge in [-0.1, -0.05) is 23.7 Å². The standard InChI is InChI=1S/C22H32ClN5O2.HI/c1-4-24-20(25-15-21(2,29)18-13-27-28(3)14-18)26-16-22(8-10-30-11-9-22)17-6-5-7-19(23)12-17;/h5-7,12-14,29H,4,8-11,15-16H2,1-3H3,(H2,24,25,26);1H. The van der Waals surface area contributed by atoms with Gasteiger partial charge in [-0.3, -0.25) is 4.68 Å². The summed E-state index contributed by atoms with van der Waals surface area (Å²) in [7, 11) is 1.83. The van der Waals surface area contributed by atoms with Gasteiger partial charge in [0.25, 0.3) is 0 Å². The van der Waals surface area contributed by atoms with Gasteiger partial charge in [0, 0.05) is 55.5 Å². The molecule has 1 unspecified atom stereocenters. The molecule has 1 aliphatic rings. The van der Waals surface area contributed by atoms with Crippen LogP contribution in [-0.4, -0.2) is 53.7 Å². The summed E-state index contributed by atoms with van der Waals surface area (Å²) in [5, 5.41) is 22.5. The third kappa shape index (κ3) is 6.81. The molecule has 172 valence electrons. The van der Waals surface area contributed by atoms with Crippen LogP contribution in [0.3, 0.4) is 0 Å². The maximum absolute atomic E-state index is 10.8. The molecule has 0 amide bonds. The fourth-order valence-corrected chi connectivity index (χ4v) is 3.96. The molecule has 3 N–H and O–H groups in total. The number of aromatic nitrogens is 2. The highest BCUT2D eigenvalue weighted by molar-refractivity contribution is 14.0. The highest BCUT2D eigenvalue weighted by atomic mass is 127. The molecule has 1 aromatic carbocycles. The van der Waals surface area contributed by atoms with E-state index in [2.05, 4.69) is 26.8 Å². The predicted molar refractivity (Wildman–Crippen MR) is 135 cm³/mol. The average Bonchev–Trinajstić information content (AvgIpc) is 3.18. The van der Waals surface area contributed by atoms with Gasteiger partial charge < -0.3 is 20.5 Å². The minimum atomic E-state index is -1.10. The number of nitrogens with one attached hydrogen (secondary N) is 2. The molecule has 0 bridgehead atoms. The minimum Gasteiger partial charge on any atom is -0.383 e. The van der Waals surface area contributed by atoms with Gasteiger partial charge in [-0.25, -0.2) is 4.99 Å². The summed E-state index contributed by atoms with van der Waals surface area (Å²) in [6.45, 7) is 6.88. The summed E-state index contributed by atoms with van der Waals surface area (Å²) in [6, 6.07) is 8.08. The number of halogens is 2. The lowest BCUT2D eigenvalue weighted by Crippen LogP contribution is -2.48. The Morgan fingerprint density at radius 2 is 2.10 bits per heavy atom. The number of nitrogens with zero attached hydrogens (tertiary/aromatic N) is 3. The zero-order valence-electron chi connectivity index (χ0n) is 18.4. The van der Waals surface area contributed by atoms with Gasteiger partial charge in [-0.2, -0.15) is 5.10 Å². The molecule has 7 nitrogen and oxygen atoms in total. The van der Waals surface area contributed by atoms with Gasteiger partial charge in [0.15, 0.2) is 5.96 Å². The summed E-state index contributed by atoms with van der Waals surface area (Å²) in [6.07, 6.45) is 5.30. The van der Waals surface area contributed by atoms with E-state index in [-0.39, 0.29) is 35.9 Å². The third-order valence-corrected chi connectivity index (χ3v) is 5.93. The van der Waals surface area contributed by atoms with Crippen molar-refractivity contribution in [2.24, 2.45) is 12.0 Å². The average molecular weight is 562 g/mol. The molecule has 0 saturated carbocycles. The lowest BCUT2D eigenvalue weighted by Gasteiger charge is -2.38. The predicted octanol–water partition coefficient (Wildman–Crippen LogP) is 3.20. The first-order valence-corrected chi connectivity index (χ1v) is 10.8. The Hall–Kier alpha value is -1.36. The number of aliphatic imine (C=N–C) groups is 1. The van der Waals surface area contributed by atoms with E-state index in [0.717, 1.165) is 43.2 Å². The van der Waals surface area contributed by atoms with E-state index in [9.17, 15) is 5.11 Å². The highest BCUT2D eigenvalue weighted by Crippen LogP contribution is 2.35. The Balaban J connectivity index is 0.00000341. The van der Waals surface area contributed by atoms with Crippen molar-refractivity contribution in [1.82, 2.24) is 20.4 Å². The Bertz CT molecular complexity index is 865. The Morgan fingerprint density at radius 3 is 2.71 bits per heavy atom. The number of hydrogen-bond acceptors (Lipinski definition) is 4. The molecule has 2 aromatic rings. The van der Waals surface area contributed by atoms with Crippen molar-refractivity contribution in [3.8, 4) is 0 Å². The van der Waals surface area contributed by atoms with E-state index in [4.69, 9.17) is 16.3 Å². The van der Waals surface area contributed by atoms with Crippen LogP contribution in [-0.2, 0) is 22.8 Å². The third-order valence-electron chi connectivity index (χ3n) is 5.70. The summed E-state index contributed by atoms with van der Waals surface area (Å²) >= 11 is 6.28. The fraction of sp³-hybridized carbons (Fsp3) is 0.545. The smallest absolute Gasteiger partial charge is 0.191 e. The van der Waals surface area contributed by atoms with Crippen molar-refractivity contribution in [2.45, 2.75) is 37.7 Å². The van der Waals surface area contributed by atoms with E-state index >= 15 is 0 Å². The van der Waals surface area contributed by atoms with Crippen LogP contribution < -0.4 is 10.6 Å². The summed E-state index contributed by atoms with van der Waals surface area (Å²) in [5.41, 5.74) is 0.777. The lowest BCUT2D eigenvalue weighted by molar-refractivity contribution is 0.0513. The van der Waals surface area contributed by atoms with Crippen molar-refractivity contribution < 1.29 is 9.84 Å². The molecule has 1 fully saturated rings. The number of ether oxygens (including phenoxy) is 1. The molecule has 9 heteroatoms. The Labute approximate surface area is 206 Å². The van der Waals surface area contributed by atoms with Crippen LogP contribution in [0.25, 0.3) is 0 Å². The summed E-state index contributed by atoms with van der Waals surface area (Å²) in [4.78, 5) is 4.65. The van der Waals surface area contributed by atoms with Gasteiger partial charge in [0.1, 0.15) is 5.60 Å². The quantitative estimate of drug-likeness (QED) is 0.275. The maximum atomic E-state index is 10.8. The second kappa shape index (κ2) is 11.5. The largest absolute Gasteiger partial charge is 0.383 e. The molecule has 1 saturated heterocycles. The lowest BCUT2D eigenvalue weighted by atomic mass is 9.74. The fourth-order valence-electron chi connectivity index (χ4n) is 3.77. The molecule has 0 aliphatic carbocycles. The molecule has 1 aliphatic heterocycles. The molecule has 0 spiro atoms. The molecular weight excluding hydrogens is 529 g/mol. The van der Waals surface area contributed by atoms with E-state index in [1.54, 1.807) is 17.8 Å². The van der Waals surface area contributed by atoms with Gasteiger partial charge in [-0.05, 0) is 44.4 Å². The van der Waals surface area contributed by atoms with Crippen molar-refractivity contribution >= 4 is 41.5 Å². The number of guanidine groups is 1. The van der Waals surface area contributed by atoms with Crippen molar-refractivity contribution in [1.29, 1.82) is 0 Å². The first-order chi connectivity index (χ1) is 14.3. The van der Waals surface area contributed by atoms with Crippen LogP contribution in [0.4, 0.5) is 0 Å². The number of aliphatic hydroxyl groups is 1. The Kier molecular flexibility index (Phi) is 9.60. The van der Waals surface area contributed by atoms with Crippen LogP contribution in [0, 0.1) is 0 Å². The molecule has 0 radical (unpaired) electrons. The zero-order valence-corrected chi connectivity index (χ0v) is 21.5. The number of hydrogen-bond donors (Lipinski definition) is 3. The normalized spacial score (nSPS) is 18.0. The molecule has 3 rings (SSSR count). The van der Waals surface area contributed by atoms with E-state index in [0.29, 0.717) is 12.5 Å². The van der Waals surface area contributed by atoms with Crippen molar-refractivity contribution in [3.63, 3.8) is 0 Å². The molecule has 31 heavy (non-hydrogen) atoms. The highest BCUT2D eigenvalue weighted by Gasteiger charge is 2.35. The van der Waals surface area contributed by atoms with E-state index < -0.39 is 5.60 Å². The van der Waals surface area contributed by atoms with Crippen molar-refractivity contribution in [2.75, 3.05) is 32.8 Å². The summed E-state index contributed by atoms with van der Waals surface area (Å²) < 4.78 is 7.30. The van der Waals surface area contributed by atoms with Crippen molar-refractivity contribution in [3.05, 3.63) is 52.8 Å². The van der Waals surface area contributed by atoms with Crippen LogP contribution in [0.1, 0.15) is 37.8 Å². The van der Waals surface area contributed by atoms with Gasteiger partial charge in [0.05, 0.1) is 12.7 Å². The summed E-state index contributed by atoms with van der Waals surface area (Å²) in [5.74, 6) is 0.676. The molecule has 1 aromatic heterocycles. The van der Waals surface area contributed by atoms with Crippen LogP contribution in [0.15, 0.2) is 41.7 Å². The van der Waals surface area contributed by atoms with Gasteiger partial charge in [0.2, 0.25) is 0 Å². The number of benzene rings is 1. The topological polar surface area (TPSA) is 83.7 Å².